The Labute approximate surface area is 85.1 Å². The smallest absolute Gasteiger partial charge is 0.324 e. The molecule has 1 N–H and O–H groups in total. The molecule has 0 aliphatic heterocycles. The third-order valence-electron chi connectivity index (χ3n) is 0.917. The fraction of sp³-hybridized carbons (Fsp3) is 1.00. The van der Waals surface area contributed by atoms with Crippen molar-refractivity contribution in [3.8, 4) is 0 Å². The molecule has 0 aromatic heterocycles. The van der Waals surface area contributed by atoms with Gasteiger partial charge >= 0.3 is 6.72 Å². The highest BCUT2D eigenvalue weighted by molar-refractivity contribution is 8.07. The molecule has 0 fully saturated rings. The van der Waals surface area contributed by atoms with E-state index in [1.54, 1.807) is 0 Å². The minimum Gasteiger partial charge on any atom is -0.324 e. The average molecular weight is 235 g/mol. The topological polar surface area (TPSA) is 38.7 Å². The molecule has 0 saturated carbocycles. The van der Waals surface area contributed by atoms with Crippen molar-refractivity contribution in [3.05, 3.63) is 0 Å². The summed E-state index contributed by atoms with van der Waals surface area (Å²) in [6.45, 7) is 1.95. The lowest BCUT2D eigenvalue weighted by Crippen LogP contribution is -1.96. The molecule has 0 atom stereocenters. The van der Waals surface area contributed by atoms with Gasteiger partial charge in [-0.2, -0.15) is 0 Å². The highest BCUT2D eigenvalue weighted by Gasteiger charge is 2.12. The van der Waals surface area contributed by atoms with E-state index in [1.807, 2.05) is 13.8 Å². The van der Waals surface area contributed by atoms with Gasteiger partial charge in [0.1, 0.15) is 0 Å². The first-order valence-corrected chi connectivity index (χ1v) is 6.33. The lowest BCUT2D eigenvalue weighted by atomic mass is 10.5. The molecule has 0 saturated heterocycles. The van der Waals surface area contributed by atoms with Crippen molar-refractivity contribution < 1.29 is 13.9 Å². The maximum absolute atomic E-state index is 9.26. The summed E-state index contributed by atoms with van der Waals surface area (Å²) in [4.78, 5) is 9.26. The molecule has 0 aliphatic carbocycles. The Kier molecular flexibility index (Phi) is 10.7. The molecule has 6 heteroatoms. The Bertz CT molecular complexity index is 133. The van der Waals surface area contributed by atoms with Crippen molar-refractivity contribution in [2.24, 2.45) is 0 Å². The molecule has 0 amide bonds. The highest BCUT2D eigenvalue weighted by atomic mass is 35.5. The van der Waals surface area contributed by atoms with Crippen LogP contribution in [0, 0.1) is 0 Å². The minimum atomic E-state index is -2.89. The number of halogens is 1. The Hall–Kier alpha value is 0.820. The van der Waals surface area contributed by atoms with E-state index in [1.165, 1.54) is 0 Å². The highest BCUT2D eigenvalue weighted by Crippen LogP contribution is 2.43. The van der Waals surface area contributed by atoms with Crippen LogP contribution in [0.5, 0.6) is 0 Å². The molecule has 0 radical (unpaired) electrons. The average Bonchev–Trinajstić information content (AvgIpc) is 1.97. The van der Waals surface area contributed by atoms with Gasteiger partial charge in [-0.15, -0.1) is 12.4 Å². The second-order valence-corrected chi connectivity index (χ2v) is 4.97. The van der Waals surface area contributed by atoms with Crippen LogP contribution in [0.3, 0.4) is 0 Å². The molecule has 0 bridgehead atoms. The van der Waals surface area contributed by atoms with E-state index < -0.39 is 6.72 Å². The van der Waals surface area contributed by atoms with Gasteiger partial charge in [0.15, 0.2) is 0 Å². The van der Waals surface area contributed by atoms with E-state index in [4.69, 9.17) is 20.9 Å². The maximum atomic E-state index is 9.26. The van der Waals surface area contributed by atoms with Gasteiger partial charge in [0, 0.05) is 0 Å². The third-order valence-corrected chi connectivity index (χ3v) is 2.57. The van der Waals surface area contributed by atoms with Crippen LogP contribution in [0.25, 0.3) is 0 Å². The third kappa shape index (κ3) is 8.91. The second-order valence-electron chi connectivity index (χ2n) is 2.14. The Morgan fingerprint density at radius 1 is 1.17 bits per heavy atom. The summed E-state index contributed by atoms with van der Waals surface area (Å²) in [5.41, 5.74) is 0. The van der Waals surface area contributed by atoms with E-state index in [0.29, 0.717) is 13.2 Å². The van der Waals surface area contributed by atoms with E-state index in [9.17, 15) is 4.89 Å². The van der Waals surface area contributed by atoms with Gasteiger partial charge in [0.2, 0.25) is 0 Å². The fourth-order valence-corrected chi connectivity index (χ4v) is 1.80. The maximum Gasteiger partial charge on any atom is 0.324 e. The van der Waals surface area contributed by atoms with Crippen LogP contribution in [0.2, 0.25) is 0 Å². The largest absolute Gasteiger partial charge is 0.324 e. The molecule has 76 valence electrons. The van der Waals surface area contributed by atoms with Gasteiger partial charge < -0.3 is 13.9 Å². The van der Waals surface area contributed by atoms with Crippen LogP contribution in [-0.2, 0) is 20.9 Å². The van der Waals surface area contributed by atoms with Gasteiger partial charge in [-0.1, -0.05) is 13.8 Å². The summed E-state index contributed by atoms with van der Waals surface area (Å²) < 4.78 is 9.88. The van der Waals surface area contributed by atoms with Crippen molar-refractivity contribution >= 4 is 30.9 Å². The van der Waals surface area contributed by atoms with E-state index >= 15 is 0 Å². The van der Waals surface area contributed by atoms with E-state index in [0.717, 1.165) is 12.8 Å². The van der Waals surface area contributed by atoms with Crippen molar-refractivity contribution in [2.45, 2.75) is 26.7 Å². The van der Waals surface area contributed by atoms with Gasteiger partial charge in [0.25, 0.3) is 0 Å². The van der Waals surface area contributed by atoms with Crippen LogP contribution < -0.4 is 0 Å². The molecule has 0 unspecified atom stereocenters. The SMILES string of the molecule is CCCOP(O)(=S)OCCC.Cl. The van der Waals surface area contributed by atoms with Gasteiger partial charge in [-0.25, -0.2) is 0 Å². The molecule has 0 aromatic rings. The van der Waals surface area contributed by atoms with E-state index in [-0.39, 0.29) is 12.4 Å². The second kappa shape index (κ2) is 8.42. The monoisotopic (exact) mass is 234 g/mol. The first kappa shape index (κ1) is 15.3. The Balaban J connectivity index is 0. The summed E-state index contributed by atoms with van der Waals surface area (Å²) in [5, 5.41) is 0. The number of hydrogen-bond donors (Lipinski definition) is 1. The van der Waals surface area contributed by atoms with Gasteiger partial charge in [-0.05, 0) is 24.6 Å². The fourth-order valence-electron chi connectivity index (χ4n) is 0.451. The van der Waals surface area contributed by atoms with Crippen LogP contribution in [-0.4, -0.2) is 18.1 Å². The summed E-state index contributed by atoms with van der Waals surface area (Å²) in [5.74, 6) is 0. The normalized spacial score (nSPS) is 10.9. The zero-order chi connectivity index (χ0) is 8.74. The Morgan fingerprint density at radius 3 is 1.75 bits per heavy atom. The van der Waals surface area contributed by atoms with Crippen LogP contribution in [0.4, 0.5) is 0 Å². The van der Waals surface area contributed by atoms with Gasteiger partial charge in [-0.3, -0.25) is 0 Å². The lowest BCUT2D eigenvalue weighted by Gasteiger charge is -2.14. The number of hydrogen-bond acceptors (Lipinski definition) is 3. The Morgan fingerprint density at radius 2 is 1.50 bits per heavy atom. The molecule has 3 nitrogen and oxygen atoms in total. The molecule has 0 heterocycles. The standard InChI is InChI=1S/C6H15O3PS.ClH/c1-3-5-8-10(7,11)9-6-4-2;/h3-6H2,1-2H3,(H,7,11);1H. The summed E-state index contributed by atoms with van der Waals surface area (Å²) >= 11 is 4.70. The zero-order valence-electron chi connectivity index (χ0n) is 7.36. The first-order chi connectivity index (χ1) is 5.12. The molecule has 0 spiro atoms. The van der Waals surface area contributed by atoms with Crippen molar-refractivity contribution in [1.82, 2.24) is 0 Å². The van der Waals surface area contributed by atoms with Crippen molar-refractivity contribution in [1.29, 1.82) is 0 Å². The first-order valence-electron chi connectivity index (χ1n) is 3.74. The predicted octanol–water partition coefficient (Wildman–Crippen LogP) is 2.48. The molecular weight excluding hydrogens is 219 g/mol. The van der Waals surface area contributed by atoms with E-state index in [2.05, 4.69) is 0 Å². The zero-order valence-corrected chi connectivity index (χ0v) is 9.88. The van der Waals surface area contributed by atoms with Crippen molar-refractivity contribution in [3.63, 3.8) is 0 Å². The predicted molar refractivity (Wildman–Crippen MR) is 56.2 cm³/mol. The molecule has 0 rings (SSSR count). The van der Waals surface area contributed by atoms with Crippen LogP contribution in [0.15, 0.2) is 0 Å². The molecule has 12 heavy (non-hydrogen) atoms. The van der Waals surface area contributed by atoms with Crippen LogP contribution >= 0.6 is 19.1 Å². The van der Waals surface area contributed by atoms with Gasteiger partial charge in [0.05, 0.1) is 13.2 Å². The van der Waals surface area contributed by atoms with Crippen molar-refractivity contribution in [2.75, 3.05) is 13.2 Å². The summed E-state index contributed by atoms with van der Waals surface area (Å²) in [7, 11) is 0. The molecular formula is C6H16ClO3PS. The summed E-state index contributed by atoms with van der Waals surface area (Å²) in [6.07, 6.45) is 1.68. The quantitative estimate of drug-likeness (QED) is 0.717. The van der Waals surface area contributed by atoms with Crippen LogP contribution in [0.1, 0.15) is 26.7 Å². The lowest BCUT2D eigenvalue weighted by molar-refractivity contribution is 0.197. The summed E-state index contributed by atoms with van der Waals surface area (Å²) in [6, 6.07) is 0. The molecule has 0 aromatic carbocycles. The molecule has 0 aliphatic rings. The number of rotatable bonds is 6. The minimum absolute atomic E-state index is 0.